The molecular formula is C16H18N2O3. The lowest BCUT2D eigenvalue weighted by atomic mass is 10.1. The summed E-state index contributed by atoms with van der Waals surface area (Å²) in [5, 5.41) is 9.43. The van der Waals surface area contributed by atoms with Gasteiger partial charge in [0.05, 0.1) is 6.54 Å². The zero-order chi connectivity index (χ0) is 15.0. The molecule has 1 N–H and O–H groups in total. The van der Waals surface area contributed by atoms with Crippen LogP contribution in [-0.4, -0.2) is 23.1 Å². The molecule has 0 atom stereocenters. The number of aromatic nitrogens is 1. The average Bonchev–Trinajstić information content (AvgIpc) is 3.05. The topological polar surface area (TPSA) is 66.6 Å². The van der Waals surface area contributed by atoms with E-state index in [0.29, 0.717) is 12.4 Å². The van der Waals surface area contributed by atoms with E-state index in [1.54, 1.807) is 6.07 Å². The lowest BCUT2D eigenvalue weighted by Crippen LogP contribution is -2.21. The Morgan fingerprint density at radius 1 is 1.43 bits per heavy atom. The minimum absolute atomic E-state index is 0.265. The number of anilines is 1. The van der Waals surface area contributed by atoms with Gasteiger partial charge in [0.15, 0.2) is 0 Å². The third-order valence-electron chi connectivity index (χ3n) is 3.81. The van der Waals surface area contributed by atoms with Crippen LogP contribution in [0.4, 0.5) is 5.82 Å². The standard InChI is InChI=1S/C16H18N2O3/c1-10-6-7-12(21-10)9-18(2)15-13(16(19)20)8-11-4-3-5-14(11)17-15/h6-8H,3-5,9H2,1-2H3,(H,19,20). The highest BCUT2D eigenvalue weighted by Crippen LogP contribution is 2.27. The number of carboxylic acids is 1. The van der Waals surface area contributed by atoms with Crippen molar-refractivity contribution in [3.05, 3.63) is 46.5 Å². The summed E-state index contributed by atoms with van der Waals surface area (Å²) in [6.45, 7) is 2.39. The van der Waals surface area contributed by atoms with E-state index in [0.717, 1.165) is 42.0 Å². The van der Waals surface area contributed by atoms with E-state index in [9.17, 15) is 9.90 Å². The molecule has 1 aliphatic rings. The van der Waals surface area contributed by atoms with Gasteiger partial charge in [-0.05, 0) is 49.9 Å². The van der Waals surface area contributed by atoms with Crippen molar-refractivity contribution in [3.8, 4) is 0 Å². The molecule has 0 aromatic carbocycles. The zero-order valence-corrected chi connectivity index (χ0v) is 12.2. The molecular weight excluding hydrogens is 268 g/mol. The van der Waals surface area contributed by atoms with Gasteiger partial charge in [0.2, 0.25) is 0 Å². The monoisotopic (exact) mass is 286 g/mol. The maximum Gasteiger partial charge on any atom is 0.339 e. The molecule has 0 saturated carbocycles. The first-order valence-corrected chi connectivity index (χ1v) is 7.07. The summed E-state index contributed by atoms with van der Waals surface area (Å²) >= 11 is 0. The van der Waals surface area contributed by atoms with E-state index in [2.05, 4.69) is 4.98 Å². The summed E-state index contributed by atoms with van der Waals surface area (Å²) in [6, 6.07) is 5.58. The first kappa shape index (κ1) is 13.7. The van der Waals surface area contributed by atoms with Gasteiger partial charge in [0, 0.05) is 12.7 Å². The van der Waals surface area contributed by atoms with Crippen LogP contribution in [0.25, 0.3) is 0 Å². The highest BCUT2D eigenvalue weighted by Gasteiger charge is 2.22. The molecule has 2 aromatic rings. The quantitative estimate of drug-likeness (QED) is 0.936. The van der Waals surface area contributed by atoms with Gasteiger partial charge in [-0.2, -0.15) is 0 Å². The first-order valence-electron chi connectivity index (χ1n) is 7.07. The van der Waals surface area contributed by atoms with Crippen LogP contribution in [0.3, 0.4) is 0 Å². The Morgan fingerprint density at radius 2 is 2.24 bits per heavy atom. The van der Waals surface area contributed by atoms with Gasteiger partial charge in [-0.15, -0.1) is 0 Å². The van der Waals surface area contributed by atoms with E-state index in [1.165, 1.54) is 0 Å². The van der Waals surface area contributed by atoms with Gasteiger partial charge in [0.1, 0.15) is 22.9 Å². The van der Waals surface area contributed by atoms with Crippen molar-refractivity contribution in [2.24, 2.45) is 0 Å². The fourth-order valence-corrected chi connectivity index (χ4v) is 2.79. The fraction of sp³-hybridized carbons (Fsp3) is 0.375. The second kappa shape index (κ2) is 5.24. The highest BCUT2D eigenvalue weighted by atomic mass is 16.4. The van der Waals surface area contributed by atoms with Crippen LogP contribution >= 0.6 is 0 Å². The second-order valence-corrected chi connectivity index (χ2v) is 5.49. The number of carboxylic acid groups (broad SMARTS) is 1. The minimum Gasteiger partial charge on any atom is -0.478 e. The Labute approximate surface area is 123 Å². The Bertz CT molecular complexity index is 691. The average molecular weight is 286 g/mol. The van der Waals surface area contributed by atoms with Gasteiger partial charge < -0.3 is 14.4 Å². The molecule has 0 unspecified atom stereocenters. The largest absolute Gasteiger partial charge is 0.478 e. The molecule has 1 aliphatic carbocycles. The summed E-state index contributed by atoms with van der Waals surface area (Å²) in [5.41, 5.74) is 2.36. The van der Waals surface area contributed by atoms with Crippen LogP contribution in [-0.2, 0) is 19.4 Å². The summed E-state index contributed by atoms with van der Waals surface area (Å²) in [7, 11) is 1.84. The van der Waals surface area contributed by atoms with Gasteiger partial charge in [-0.25, -0.2) is 9.78 Å². The molecule has 3 rings (SSSR count). The number of nitrogens with zero attached hydrogens (tertiary/aromatic N) is 2. The van der Waals surface area contributed by atoms with Crippen LogP contribution in [0.1, 0.15) is 39.6 Å². The van der Waals surface area contributed by atoms with E-state index < -0.39 is 5.97 Å². The third kappa shape index (κ3) is 2.63. The molecule has 2 heterocycles. The zero-order valence-electron chi connectivity index (χ0n) is 12.2. The maximum absolute atomic E-state index is 11.5. The molecule has 110 valence electrons. The van der Waals surface area contributed by atoms with Crippen LogP contribution in [0.15, 0.2) is 22.6 Å². The van der Waals surface area contributed by atoms with Gasteiger partial charge >= 0.3 is 5.97 Å². The number of fused-ring (bicyclic) bond motifs is 1. The van der Waals surface area contributed by atoms with Gasteiger partial charge in [0.25, 0.3) is 0 Å². The number of carbonyl (C=O) groups is 1. The van der Waals surface area contributed by atoms with Crippen LogP contribution in [0, 0.1) is 6.92 Å². The molecule has 0 amide bonds. The summed E-state index contributed by atoms with van der Waals surface area (Å²) < 4.78 is 5.55. The van der Waals surface area contributed by atoms with E-state index in [-0.39, 0.29) is 5.56 Å². The predicted molar refractivity (Wildman–Crippen MR) is 78.8 cm³/mol. The number of rotatable bonds is 4. The number of pyridine rings is 1. The van der Waals surface area contributed by atoms with Crippen molar-refractivity contribution in [2.75, 3.05) is 11.9 Å². The molecule has 5 heteroatoms. The summed E-state index contributed by atoms with van der Waals surface area (Å²) in [4.78, 5) is 17.9. The summed E-state index contributed by atoms with van der Waals surface area (Å²) in [5.74, 6) is 1.22. The van der Waals surface area contributed by atoms with Crippen LogP contribution < -0.4 is 4.90 Å². The van der Waals surface area contributed by atoms with E-state index in [4.69, 9.17) is 4.42 Å². The molecule has 21 heavy (non-hydrogen) atoms. The van der Waals surface area contributed by atoms with Crippen molar-refractivity contribution < 1.29 is 14.3 Å². The smallest absolute Gasteiger partial charge is 0.339 e. The molecule has 5 nitrogen and oxygen atoms in total. The molecule has 0 fully saturated rings. The van der Waals surface area contributed by atoms with Crippen molar-refractivity contribution >= 4 is 11.8 Å². The second-order valence-electron chi connectivity index (χ2n) is 5.49. The van der Waals surface area contributed by atoms with E-state index in [1.807, 2.05) is 31.0 Å². The molecule has 2 aromatic heterocycles. The third-order valence-corrected chi connectivity index (χ3v) is 3.81. The van der Waals surface area contributed by atoms with Gasteiger partial charge in [-0.3, -0.25) is 0 Å². The van der Waals surface area contributed by atoms with Gasteiger partial charge in [-0.1, -0.05) is 0 Å². The summed E-state index contributed by atoms with van der Waals surface area (Å²) in [6.07, 6.45) is 2.89. The van der Waals surface area contributed by atoms with Crippen molar-refractivity contribution in [3.63, 3.8) is 0 Å². The Balaban J connectivity index is 1.94. The Hall–Kier alpha value is -2.30. The van der Waals surface area contributed by atoms with Crippen LogP contribution in [0.5, 0.6) is 0 Å². The number of aryl methyl sites for hydroxylation is 3. The highest BCUT2D eigenvalue weighted by molar-refractivity contribution is 5.93. The fourth-order valence-electron chi connectivity index (χ4n) is 2.79. The van der Waals surface area contributed by atoms with E-state index >= 15 is 0 Å². The minimum atomic E-state index is -0.935. The lowest BCUT2D eigenvalue weighted by molar-refractivity contribution is 0.0697. The Morgan fingerprint density at radius 3 is 2.90 bits per heavy atom. The van der Waals surface area contributed by atoms with Crippen molar-refractivity contribution in [2.45, 2.75) is 32.7 Å². The number of furan rings is 1. The number of hydrogen-bond acceptors (Lipinski definition) is 4. The normalized spacial score (nSPS) is 13.2. The SMILES string of the molecule is Cc1ccc(CN(C)c2nc3c(cc2C(=O)O)CCC3)o1. The molecule has 0 radical (unpaired) electrons. The maximum atomic E-state index is 11.5. The molecule has 0 spiro atoms. The van der Waals surface area contributed by atoms with Crippen LogP contribution in [0.2, 0.25) is 0 Å². The first-order chi connectivity index (χ1) is 10.0. The van der Waals surface area contributed by atoms with Crippen molar-refractivity contribution in [1.29, 1.82) is 0 Å². The number of hydrogen-bond donors (Lipinski definition) is 1. The lowest BCUT2D eigenvalue weighted by Gasteiger charge is -2.20. The predicted octanol–water partition coefficient (Wildman–Crippen LogP) is 2.81. The molecule has 0 bridgehead atoms. The molecule has 0 aliphatic heterocycles. The Kier molecular flexibility index (Phi) is 3.41. The molecule has 0 saturated heterocycles. The van der Waals surface area contributed by atoms with Crippen molar-refractivity contribution in [1.82, 2.24) is 4.98 Å². The number of aromatic carboxylic acids is 1.